The van der Waals surface area contributed by atoms with E-state index in [1.807, 2.05) is 32.9 Å². The fraction of sp³-hybridized carbons (Fsp3) is 0.811. The van der Waals surface area contributed by atoms with Crippen LogP contribution in [0.25, 0.3) is 0 Å². The smallest absolute Gasteiger partial charge is 0.0535 e. The van der Waals surface area contributed by atoms with E-state index in [1.165, 1.54) is 49.7 Å². The fourth-order valence-corrected chi connectivity index (χ4v) is 2.97. The van der Waals surface area contributed by atoms with Crippen LogP contribution in [0.5, 0.6) is 0 Å². The zero-order valence-electron chi connectivity index (χ0n) is 42.1. The van der Waals surface area contributed by atoms with Gasteiger partial charge in [-0.25, -0.2) is 0 Å². The molecule has 54 heavy (non-hydrogen) atoms. The molecule has 1 unspecified atom stereocenters. The van der Waals surface area contributed by atoms with E-state index in [4.69, 9.17) is 5.11 Å². The minimum absolute atomic E-state index is 0.148. The summed E-state index contributed by atoms with van der Waals surface area (Å²) >= 11 is 0. The maximum Gasteiger partial charge on any atom is 0.0535 e. The molecule has 1 aliphatic carbocycles. The summed E-state index contributed by atoms with van der Waals surface area (Å²) in [5, 5.41) is 8.63. The van der Waals surface area contributed by atoms with E-state index in [1.54, 1.807) is 6.92 Å². The Balaban J connectivity index is -0.000000123. The van der Waals surface area contributed by atoms with Gasteiger partial charge in [0.05, 0.1) is 6.10 Å². The minimum atomic E-state index is -0.148. The Labute approximate surface area is 346 Å². The molecule has 0 heterocycles. The van der Waals surface area contributed by atoms with Crippen molar-refractivity contribution in [1.29, 1.82) is 0 Å². The lowest BCUT2D eigenvalue weighted by molar-refractivity contribution is 0.144. The Morgan fingerprint density at radius 3 is 1.13 bits per heavy atom. The summed E-state index contributed by atoms with van der Waals surface area (Å²) in [4.78, 5) is 0. The molecule has 326 valence electrons. The molecular formula is C53H108O. The number of allylic oxidation sites excluding steroid dienone is 2. The molecule has 0 radical (unpaired) electrons. The zero-order chi connectivity index (χ0) is 44.2. The third-order valence-electron chi connectivity index (χ3n) is 10.5. The molecule has 2 rings (SSSR count). The maximum absolute atomic E-state index is 8.63. The lowest BCUT2D eigenvalue weighted by Crippen LogP contribution is -2.12. The van der Waals surface area contributed by atoms with E-state index >= 15 is 0 Å². The third kappa shape index (κ3) is 59.9. The highest BCUT2D eigenvalue weighted by atomic mass is 16.3. The Kier molecular flexibility index (Phi) is 49.4. The van der Waals surface area contributed by atoms with Gasteiger partial charge >= 0.3 is 0 Å². The first kappa shape index (κ1) is 64.6. The van der Waals surface area contributed by atoms with E-state index in [0.717, 1.165) is 47.8 Å². The van der Waals surface area contributed by atoms with Crippen molar-refractivity contribution in [3.63, 3.8) is 0 Å². The first-order chi connectivity index (χ1) is 24.5. The van der Waals surface area contributed by atoms with Gasteiger partial charge in [-0.1, -0.05) is 239 Å². The molecule has 1 heteroatoms. The van der Waals surface area contributed by atoms with Gasteiger partial charge in [0, 0.05) is 0 Å². The number of aliphatic hydroxyl groups excluding tert-OH is 1. The summed E-state index contributed by atoms with van der Waals surface area (Å²) in [5.41, 5.74) is 3.17. The predicted octanol–water partition coefficient (Wildman–Crippen LogP) is 18.5. The molecule has 1 saturated carbocycles. The Hall–Kier alpha value is -1.34. The van der Waals surface area contributed by atoms with Crippen molar-refractivity contribution >= 4 is 0 Å². The molecule has 0 aliphatic heterocycles. The van der Waals surface area contributed by atoms with E-state index in [9.17, 15) is 0 Å². The summed E-state index contributed by atoms with van der Waals surface area (Å²) in [6.45, 7) is 59.8. The van der Waals surface area contributed by atoms with Crippen molar-refractivity contribution in [1.82, 2.24) is 0 Å². The molecule has 1 aromatic carbocycles. The Bertz CT molecular complexity index is 828. The van der Waals surface area contributed by atoms with Gasteiger partial charge in [0.15, 0.2) is 0 Å². The summed E-state index contributed by atoms with van der Waals surface area (Å²) in [7, 11) is 0. The van der Waals surface area contributed by atoms with Crippen LogP contribution >= 0.6 is 0 Å². The van der Waals surface area contributed by atoms with Crippen molar-refractivity contribution in [3.8, 4) is 0 Å². The Morgan fingerprint density at radius 1 is 0.685 bits per heavy atom. The van der Waals surface area contributed by atoms with Crippen molar-refractivity contribution in [3.05, 3.63) is 60.7 Å². The van der Waals surface area contributed by atoms with Crippen molar-refractivity contribution < 1.29 is 5.11 Å². The average Bonchev–Trinajstić information content (AvgIpc) is 3.07. The largest absolute Gasteiger partial charge is 0.393 e. The summed E-state index contributed by atoms with van der Waals surface area (Å²) < 4.78 is 0. The molecular weight excluding hydrogens is 653 g/mol. The average molecular weight is 761 g/mol. The van der Waals surface area contributed by atoms with E-state index in [2.05, 4.69) is 176 Å². The highest BCUT2D eigenvalue weighted by Crippen LogP contribution is 2.29. The molecule has 1 atom stereocenters. The zero-order valence-corrected chi connectivity index (χ0v) is 42.1. The summed E-state index contributed by atoms with van der Waals surface area (Å²) in [6.07, 6.45) is 11.7. The maximum atomic E-state index is 8.63. The number of rotatable bonds is 8. The topological polar surface area (TPSA) is 20.2 Å². The van der Waals surface area contributed by atoms with Gasteiger partial charge in [0.25, 0.3) is 0 Å². The molecule has 0 saturated heterocycles. The SMILES string of the molecule is C=C(C)C(C)C.C=CCC(C)C.CC(C)C(C)(C)C.CC(C)C(C)C.CC(C)C(C)O.CC(C)C1CCCCC1.CC(C)c1ccccc1.CCC(C)C. The standard InChI is InChI=1S/C9H18.C9H12.C7H16.C6H14.2C6H12.C5H12O.C5H12/c2*1-8(2)9-6-4-3-5-7-9;1-6(2)7(3,4)5;2*1-5(2)6(3)4;1-4-5-6(2)3;1-4(2)5(3)6;1-4-5(2)3/h8-9H,3-7H2,1-2H3;3-8H,1-2H3;6H,1-5H3;5-6H,1-4H3;6H,1H2,2-4H3;4,6H,1,5H2,2-3H3;4-6H,1-3H3;5H,4H2,1-3H3. The lowest BCUT2D eigenvalue weighted by atomic mass is 9.82. The Morgan fingerprint density at radius 2 is 1.02 bits per heavy atom. The molecule has 0 aromatic heterocycles. The van der Waals surface area contributed by atoms with Crippen molar-refractivity contribution in [2.75, 3.05) is 0 Å². The molecule has 0 amide bonds. The van der Waals surface area contributed by atoms with Gasteiger partial charge in [0.1, 0.15) is 0 Å². The first-order valence-electron chi connectivity index (χ1n) is 22.5. The second-order valence-corrected chi connectivity index (χ2v) is 19.9. The van der Waals surface area contributed by atoms with Gasteiger partial charge < -0.3 is 5.11 Å². The molecule has 1 aliphatic rings. The number of aliphatic hydroxyl groups is 1. The summed E-state index contributed by atoms with van der Waals surface area (Å²) in [6, 6.07) is 10.5. The van der Waals surface area contributed by atoms with Crippen molar-refractivity contribution in [2.45, 2.75) is 223 Å². The lowest BCUT2D eigenvalue weighted by Gasteiger charge is -2.24. The van der Waals surface area contributed by atoms with Gasteiger partial charge in [-0.2, -0.15) is 0 Å². The quantitative estimate of drug-likeness (QED) is 0.262. The molecule has 1 fully saturated rings. The highest BCUT2D eigenvalue weighted by Gasteiger charge is 2.16. The molecule has 0 spiro atoms. The fourth-order valence-electron chi connectivity index (χ4n) is 2.97. The monoisotopic (exact) mass is 761 g/mol. The summed E-state index contributed by atoms with van der Waals surface area (Å²) in [5.74, 6) is 7.88. The van der Waals surface area contributed by atoms with Crippen LogP contribution in [0.4, 0.5) is 0 Å². The van der Waals surface area contributed by atoms with Crippen LogP contribution in [0.3, 0.4) is 0 Å². The van der Waals surface area contributed by atoms with Crippen LogP contribution in [0.15, 0.2) is 55.1 Å². The minimum Gasteiger partial charge on any atom is -0.393 e. The van der Waals surface area contributed by atoms with Crippen LogP contribution in [-0.4, -0.2) is 11.2 Å². The van der Waals surface area contributed by atoms with E-state index in [-0.39, 0.29) is 6.10 Å². The number of benzene rings is 1. The second-order valence-electron chi connectivity index (χ2n) is 19.9. The van der Waals surface area contributed by atoms with Crippen LogP contribution in [-0.2, 0) is 0 Å². The third-order valence-corrected chi connectivity index (χ3v) is 10.5. The van der Waals surface area contributed by atoms with E-state index < -0.39 is 0 Å². The normalized spacial score (nSPS) is 13.1. The number of hydrogen-bond donors (Lipinski definition) is 1. The highest BCUT2D eigenvalue weighted by molar-refractivity contribution is 5.17. The van der Waals surface area contributed by atoms with Crippen LogP contribution < -0.4 is 0 Å². The van der Waals surface area contributed by atoms with Crippen LogP contribution in [0, 0.1) is 58.7 Å². The van der Waals surface area contributed by atoms with Gasteiger partial charge in [-0.3, -0.25) is 0 Å². The molecule has 0 bridgehead atoms. The van der Waals surface area contributed by atoms with Gasteiger partial charge in [-0.05, 0) is 90.4 Å². The van der Waals surface area contributed by atoms with E-state index in [0.29, 0.717) is 23.2 Å². The first-order valence-corrected chi connectivity index (χ1v) is 22.5. The molecule has 1 nitrogen and oxygen atoms in total. The predicted molar refractivity (Wildman–Crippen MR) is 257 cm³/mol. The van der Waals surface area contributed by atoms with Crippen molar-refractivity contribution in [2.24, 2.45) is 58.7 Å². The van der Waals surface area contributed by atoms with Crippen LogP contribution in [0.1, 0.15) is 223 Å². The molecule has 1 aromatic rings. The number of hydrogen-bond acceptors (Lipinski definition) is 1. The van der Waals surface area contributed by atoms with Gasteiger partial charge in [0.2, 0.25) is 0 Å². The molecule has 1 N–H and O–H groups in total. The second kappa shape index (κ2) is 41.3. The van der Waals surface area contributed by atoms with Crippen LogP contribution in [0.2, 0.25) is 0 Å². The van der Waals surface area contributed by atoms with Gasteiger partial charge in [-0.15, -0.1) is 6.58 Å².